The molecule has 0 radical (unpaired) electrons. The summed E-state index contributed by atoms with van der Waals surface area (Å²) in [6.45, 7) is 1.93. The molecule has 1 rings (SSSR count). The predicted octanol–water partition coefficient (Wildman–Crippen LogP) is 0.279. The Kier molecular flexibility index (Phi) is 4.04. The van der Waals surface area contributed by atoms with Crippen LogP contribution in [0.5, 0.6) is 0 Å². The third-order valence-electron chi connectivity index (χ3n) is 2.15. The number of nitrogens with two attached hydrogens (primary N) is 1. The van der Waals surface area contributed by atoms with Gasteiger partial charge in [0.05, 0.1) is 6.61 Å². The first-order valence-electron chi connectivity index (χ1n) is 4.44. The van der Waals surface area contributed by atoms with Crippen LogP contribution in [0.25, 0.3) is 0 Å². The lowest BCUT2D eigenvalue weighted by Crippen LogP contribution is -2.33. The van der Waals surface area contributed by atoms with Crippen LogP contribution in [0, 0.1) is 0 Å². The van der Waals surface area contributed by atoms with E-state index in [0.717, 1.165) is 25.8 Å². The minimum Gasteiger partial charge on any atom is -0.340 e. The zero-order chi connectivity index (χ0) is 8.81. The van der Waals surface area contributed by atoms with Crippen LogP contribution in [-0.4, -0.2) is 30.5 Å². The molecular weight excluding hydrogens is 156 g/mol. The summed E-state index contributed by atoms with van der Waals surface area (Å²) in [6, 6.07) is 0. The fourth-order valence-electron chi connectivity index (χ4n) is 1.44. The van der Waals surface area contributed by atoms with Crippen molar-refractivity contribution in [1.82, 2.24) is 4.90 Å². The Bertz CT molecular complexity index is 150. The van der Waals surface area contributed by atoms with Crippen LogP contribution in [0.3, 0.4) is 0 Å². The van der Waals surface area contributed by atoms with E-state index < -0.39 is 0 Å². The van der Waals surface area contributed by atoms with Crippen LogP contribution in [-0.2, 0) is 9.63 Å². The van der Waals surface area contributed by atoms with E-state index in [9.17, 15) is 4.79 Å². The topological polar surface area (TPSA) is 55.6 Å². The highest BCUT2D eigenvalue weighted by molar-refractivity contribution is 5.76. The molecule has 12 heavy (non-hydrogen) atoms. The van der Waals surface area contributed by atoms with E-state index in [0.29, 0.717) is 19.6 Å². The van der Waals surface area contributed by atoms with Gasteiger partial charge in [-0.25, -0.2) is 5.90 Å². The first-order valence-corrected chi connectivity index (χ1v) is 4.44. The fraction of sp³-hybridized carbons (Fsp3) is 0.875. The molecule has 0 spiro atoms. The van der Waals surface area contributed by atoms with E-state index in [2.05, 4.69) is 4.84 Å². The maximum atomic E-state index is 11.3. The normalized spacial score (nSPS) is 19.4. The number of amides is 1. The molecule has 0 aromatic rings. The van der Waals surface area contributed by atoms with Crippen molar-refractivity contribution >= 4 is 5.91 Å². The van der Waals surface area contributed by atoms with Crippen molar-refractivity contribution in [2.75, 3.05) is 19.7 Å². The highest BCUT2D eigenvalue weighted by Gasteiger charge is 2.15. The fourth-order valence-corrected chi connectivity index (χ4v) is 1.44. The van der Waals surface area contributed by atoms with Gasteiger partial charge in [-0.15, -0.1) is 0 Å². The third kappa shape index (κ3) is 2.79. The molecule has 1 aliphatic rings. The Balaban J connectivity index is 2.31. The highest BCUT2D eigenvalue weighted by Crippen LogP contribution is 2.10. The molecule has 0 aromatic carbocycles. The maximum Gasteiger partial charge on any atom is 0.222 e. The van der Waals surface area contributed by atoms with Crippen molar-refractivity contribution in [3.05, 3.63) is 0 Å². The molecule has 1 heterocycles. The van der Waals surface area contributed by atoms with Gasteiger partial charge in [0.1, 0.15) is 0 Å². The summed E-state index contributed by atoms with van der Waals surface area (Å²) >= 11 is 0. The van der Waals surface area contributed by atoms with Gasteiger partial charge in [0, 0.05) is 19.5 Å². The summed E-state index contributed by atoms with van der Waals surface area (Å²) in [6.07, 6.45) is 3.98. The second-order valence-corrected chi connectivity index (χ2v) is 3.06. The van der Waals surface area contributed by atoms with E-state index in [1.165, 1.54) is 0 Å². The smallest absolute Gasteiger partial charge is 0.222 e. The predicted molar refractivity (Wildman–Crippen MR) is 45.2 cm³/mol. The molecule has 0 saturated carbocycles. The monoisotopic (exact) mass is 172 g/mol. The zero-order valence-electron chi connectivity index (χ0n) is 7.29. The Hall–Kier alpha value is -0.610. The van der Waals surface area contributed by atoms with Crippen molar-refractivity contribution in [3.8, 4) is 0 Å². The van der Waals surface area contributed by atoms with Crippen molar-refractivity contribution in [3.63, 3.8) is 0 Å². The SMILES string of the molecule is NOCCN1CCCCCC1=O. The molecule has 1 saturated heterocycles. The molecule has 2 N–H and O–H groups in total. The summed E-state index contributed by atoms with van der Waals surface area (Å²) in [5.41, 5.74) is 0. The third-order valence-corrected chi connectivity index (χ3v) is 2.15. The van der Waals surface area contributed by atoms with Gasteiger partial charge in [-0.1, -0.05) is 6.42 Å². The van der Waals surface area contributed by atoms with Gasteiger partial charge in [-0.3, -0.25) is 4.79 Å². The van der Waals surface area contributed by atoms with Gasteiger partial charge in [0.25, 0.3) is 0 Å². The Morgan fingerprint density at radius 1 is 1.42 bits per heavy atom. The molecule has 1 aliphatic heterocycles. The lowest BCUT2D eigenvalue weighted by Gasteiger charge is -2.19. The number of carbonyl (C=O) groups is 1. The Morgan fingerprint density at radius 2 is 2.25 bits per heavy atom. The number of rotatable bonds is 3. The molecule has 1 fully saturated rings. The van der Waals surface area contributed by atoms with Crippen LogP contribution >= 0.6 is 0 Å². The molecule has 0 atom stereocenters. The average Bonchev–Trinajstić information content (AvgIpc) is 2.27. The molecule has 0 unspecified atom stereocenters. The minimum absolute atomic E-state index is 0.240. The molecule has 0 bridgehead atoms. The van der Waals surface area contributed by atoms with Gasteiger partial charge < -0.3 is 9.74 Å². The number of carbonyl (C=O) groups excluding carboxylic acids is 1. The number of likely N-dealkylation sites (tertiary alicyclic amines) is 1. The Labute approximate surface area is 72.6 Å². The van der Waals surface area contributed by atoms with E-state index in [1.54, 1.807) is 0 Å². The van der Waals surface area contributed by atoms with Crippen LogP contribution in [0.1, 0.15) is 25.7 Å². The lowest BCUT2D eigenvalue weighted by molar-refractivity contribution is -0.131. The molecule has 1 amide bonds. The zero-order valence-corrected chi connectivity index (χ0v) is 7.29. The quantitative estimate of drug-likeness (QED) is 0.622. The van der Waals surface area contributed by atoms with Crippen molar-refractivity contribution in [2.24, 2.45) is 5.90 Å². The molecule has 4 nitrogen and oxygen atoms in total. The summed E-state index contributed by atoms with van der Waals surface area (Å²) in [7, 11) is 0. The largest absolute Gasteiger partial charge is 0.340 e. The van der Waals surface area contributed by atoms with Gasteiger partial charge in [-0.05, 0) is 12.8 Å². The van der Waals surface area contributed by atoms with Crippen molar-refractivity contribution in [1.29, 1.82) is 0 Å². The second-order valence-electron chi connectivity index (χ2n) is 3.06. The van der Waals surface area contributed by atoms with Gasteiger partial charge >= 0.3 is 0 Å². The summed E-state index contributed by atoms with van der Waals surface area (Å²) in [5, 5.41) is 0. The van der Waals surface area contributed by atoms with Crippen LogP contribution in [0.15, 0.2) is 0 Å². The highest BCUT2D eigenvalue weighted by atomic mass is 16.6. The minimum atomic E-state index is 0.240. The molecule has 4 heteroatoms. The van der Waals surface area contributed by atoms with Crippen LogP contribution in [0.2, 0.25) is 0 Å². The average molecular weight is 172 g/mol. The van der Waals surface area contributed by atoms with E-state index in [4.69, 9.17) is 5.90 Å². The van der Waals surface area contributed by atoms with Crippen LogP contribution < -0.4 is 5.90 Å². The number of hydrogen-bond donors (Lipinski definition) is 1. The summed E-state index contributed by atoms with van der Waals surface area (Å²) in [5.74, 6) is 5.13. The molecule has 70 valence electrons. The van der Waals surface area contributed by atoms with Gasteiger partial charge in [-0.2, -0.15) is 0 Å². The Morgan fingerprint density at radius 3 is 3.00 bits per heavy atom. The van der Waals surface area contributed by atoms with E-state index in [-0.39, 0.29) is 5.91 Å². The molecule has 0 aromatic heterocycles. The molecular formula is C8H16N2O2. The first kappa shape index (κ1) is 9.48. The lowest BCUT2D eigenvalue weighted by atomic mass is 10.2. The van der Waals surface area contributed by atoms with Gasteiger partial charge in [0.15, 0.2) is 0 Å². The summed E-state index contributed by atoms with van der Waals surface area (Å²) in [4.78, 5) is 17.6. The second kappa shape index (κ2) is 5.11. The standard InChI is InChI=1S/C8H16N2O2/c9-12-7-6-10-5-3-1-2-4-8(10)11/h1-7,9H2. The van der Waals surface area contributed by atoms with Crippen molar-refractivity contribution in [2.45, 2.75) is 25.7 Å². The van der Waals surface area contributed by atoms with E-state index in [1.807, 2.05) is 4.90 Å². The number of hydrogen-bond acceptors (Lipinski definition) is 3. The summed E-state index contributed by atoms with van der Waals surface area (Å²) < 4.78 is 0. The van der Waals surface area contributed by atoms with Gasteiger partial charge in [0.2, 0.25) is 5.91 Å². The molecule has 0 aliphatic carbocycles. The first-order chi connectivity index (χ1) is 5.84. The number of nitrogens with zero attached hydrogens (tertiary/aromatic N) is 1. The maximum absolute atomic E-state index is 11.3. The van der Waals surface area contributed by atoms with Crippen LogP contribution in [0.4, 0.5) is 0 Å². The van der Waals surface area contributed by atoms with E-state index >= 15 is 0 Å². The van der Waals surface area contributed by atoms with Crippen molar-refractivity contribution < 1.29 is 9.63 Å².